The van der Waals surface area contributed by atoms with Gasteiger partial charge in [-0.15, -0.1) is 0 Å². The van der Waals surface area contributed by atoms with Crippen LogP contribution in [0.4, 0.5) is 0 Å². The molecular formula is C30H46O2. The number of Topliss-reactive ketones (excluding diaryl/α,β-unsaturated/α-hetero) is 1. The van der Waals surface area contributed by atoms with Crippen LogP contribution in [0.2, 0.25) is 0 Å². The van der Waals surface area contributed by atoms with E-state index in [1.165, 1.54) is 25.7 Å². The van der Waals surface area contributed by atoms with Gasteiger partial charge in [-0.2, -0.15) is 0 Å². The summed E-state index contributed by atoms with van der Waals surface area (Å²) in [6.07, 6.45) is 16.3. The number of carbonyl (C=O) groups excluding carboxylic acids is 1. The summed E-state index contributed by atoms with van der Waals surface area (Å²) >= 11 is 0. The van der Waals surface area contributed by atoms with Crippen molar-refractivity contribution < 1.29 is 9.90 Å². The minimum absolute atomic E-state index is 0.141. The predicted octanol–water partition coefficient (Wildman–Crippen LogP) is 7.44. The molecule has 2 saturated carbocycles. The molecule has 0 heterocycles. The molecule has 0 spiro atoms. The zero-order valence-corrected chi connectivity index (χ0v) is 21.7. The lowest BCUT2D eigenvalue weighted by Gasteiger charge is -2.59. The van der Waals surface area contributed by atoms with E-state index in [1.54, 1.807) is 11.1 Å². The van der Waals surface area contributed by atoms with E-state index in [2.05, 4.69) is 59.8 Å². The number of hydrogen-bond donors (Lipinski definition) is 1. The zero-order valence-electron chi connectivity index (χ0n) is 21.7. The Labute approximate surface area is 196 Å². The van der Waals surface area contributed by atoms with E-state index in [1.807, 2.05) is 6.92 Å². The van der Waals surface area contributed by atoms with E-state index >= 15 is 0 Å². The second-order valence-electron chi connectivity index (χ2n) is 12.9. The highest BCUT2D eigenvalue weighted by Crippen LogP contribution is 2.71. The molecule has 4 rings (SSSR count). The van der Waals surface area contributed by atoms with Crippen molar-refractivity contribution in [3.8, 4) is 0 Å². The van der Waals surface area contributed by atoms with Gasteiger partial charge >= 0.3 is 0 Å². The largest absolute Gasteiger partial charge is 0.392 e. The molecule has 0 aromatic carbocycles. The Morgan fingerprint density at radius 2 is 1.88 bits per heavy atom. The molecule has 6 atom stereocenters. The predicted molar refractivity (Wildman–Crippen MR) is 133 cm³/mol. The van der Waals surface area contributed by atoms with Crippen molar-refractivity contribution in [2.75, 3.05) is 6.61 Å². The summed E-state index contributed by atoms with van der Waals surface area (Å²) in [5.41, 5.74) is 4.80. The lowest BCUT2D eigenvalue weighted by atomic mass is 9.44. The molecule has 178 valence electrons. The van der Waals surface area contributed by atoms with Gasteiger partial charge in [0.05, 0.1) is 6.61 Å². The highest BCUT2D eigenvalue weighted by atomic mass is 16.3. The first-order valence-corrected chi connectivity index (χ1v) is 13.1. The Bertz CT molecular complexity index is 873. The molecule has 2 heteroatoms. The first kappa shape index (κ1) is 24.0. The SMILES string of the molecule is C/C(=C\CCC(C)[C@H]1CC[C@@]2(C)C3=CCC4C(C)(C)C(=O)CC[C@]4(C)C3=CC[C@]12C)CO. The van der Waals surface area contributed by atoms with E-state index in [0.717, 1.165) is 37.2 Å². The molecule has 0 bridgehead atoms. The molecule has 32 heavy (non-hydrogen) atoms. The first-order chi connectivity index (χ1) is 14.9. The van der Waals surface area contributed by atoms with Crippen LogP contribution in [-0.2, 0) is 4.79 Å². The number of aliphatic hydroxyl groups is 1. The average molecular weight is 439 g/mol. The molecule has 0 aromatic rings. The summed E-state index contributed by atoms with van der Waals surface area (Å²) in [5, 5.41) is 9.30. The second kappa shape index (κ2) is 7.97. The molecule has 0 amide bonds. The minimum atomic E-state index is -0.218. The van der Waals surface area contributed by atoms with Crippen LogP contribution in [0.1, 0.15) is 99.8 Å². The zero-order chi connectivity index (χ0) is 23.5. The van der Waals surface area contributed by atoms with Gasteiger partial charge in [0.1, 0.15) is 5.78 Å². The van der Waals surface area contributed by atoms with E-state index in [4.69, 9.17) is 0 Å². The summed E-state index contributed by atoms with van der Waals surface area (Å²) < 4.78 is 0. The summed E-state index contributed by atoms with van der Waals surface area (Å²) in [7, 11) is 0. The molecule has 4 aliphatic rings. The third-order valence-corrected chi connectivity index (χ3v) is 11.1. The van der Waals surface area contributed by atoms with Crippen LogP contribution in [0.25, 0.3) is 0 Å². The van der Waals surface area contributed by atoms with Crippen molar-refractivity contribution >= 4 is 5.78 Å². The maximum absolute atomic E-state index is 12.8. The van der Waals surface area contributed by atoms with Gasteiger partial charge < -0.3 is 5.11 Å². The second-order valence-corrected chi connectivity index (χ2v) is 12.9. The fourth-order valence-electron chi connectivity index (χ4n) is 8.62. The van der Waals surface area contributed by atoms with Gasteiger partial charge in [-0.05, 0) is 97.0 Å². The molecule has 0 saturated heterocycles. The van der Waals surface area contributed by atoms with E-state index < -0.39 is 0 Å². The van der Waals surface area contributed by atoms with Crippen LogP contribution in [-0.4, -0.2) is 17.5 Å². The van der Waals surface area contributed by atoms with Crippen LogP contribution >= 0.6 is 0 Å². The number of fused-ring (bicyclic) bond motifs is 5. The van der Waals surface area contributed by atoms with E-state index in [0.29, 0.717) is 23.0 Å². The quantitative estimate of drug-likeness (QED) is 0.453. The van der Waals surface area contributed by atoms with Gasteiger partial charge in [0.2, 0.25) is 0 Å². The highest BCUT2D eigenvalue weighted by Gasteiger charge is 2.63. The third kappa shape index (κ3) is 3.26. The maximum Gasteiger partial charge on any atom is 0.138 e. The molecule has 0 radical (unpaired) electrons. The van der Waals surface area contributed by atoms with Crippen LogP contribution in [0.5, 0.6) is 0 Å². The van der Waals surface area contributed by atoms with Crippen LogP contribution in [0, 0.1) is 39.4 Å². The number of carbonyl (C=O) groups is 1. The smallest absolute Gasteiger partial charge is 0.138 e. The van der Waals surface area contributed by atoms with Crippen molar-refractivity contribution in [2.45, 2.75) is 99.8 Å². The van der Waals surface area contributed by atoms with Gasteiger partial charge in [0.25, 0.3) is 0 Å². The highest BCUT2D eigenvalue weighted by molar-refractivity contribution is 5.86. The lowest BCUT2D eigenvalue weighted by molar-refractivity contribution is -0.138. The molecule has 2 fully saturated rings. The molecular weight excluding hydrogens is 392 g/mol. The Morgan fingerprint density at radius 3 is 2.56 bits per heavy atom. The maximum atomic E-state index is 12.8. The van der Waals surface area contributed by atoms with E-state index in [-0.39, 0.29) is 22.9 Å². The Hall–Kier alpha value is -1.15. The lowest BCUT2D eigenvalue weighted by Crippen LogP contribution is -2.53. The molecule has 4 aliphatic carbocycles. The fourth-order valence-corrected chi connectivity index (χ4v) is 8.62. The Morgan fingerprint density at radius 1 is 1.16 bits per heavy atom. The van der Waals surface area contributed by atoms with Gasteiger partial charge in [0, 0.05) is 11.8 Å². The van der Waals surface area contributed by atoms with Crippen molar-refractivity contribution in [1.82, 2.24) is 0 Å². The summed E-state index contributed by atoms with van der Waals surface area (Å²) in [5.74, 6) is 2.32. The summed E-state index contributed by atoms with van der Waals surface area (Å²) in [4.78, 5) is 12.8. The normalized spacial score (nSPS) is 41.9. The van der Waals surface area contributed by atoms with Gasteiger partial charge in [0.15, 0.2) is 0 Å². The molecule has 1 N–H and O–H groups in total. The van der Waals surface area contributed by atoms with Crippen molar-refractivity contribution in [3.05, 3.63) is 34.9 Å². The number of ketones is 1. The third-order valence-electron chi connectivity index (χ3n) is 11.1. The standard InChI is InChI=1S/C30H46O2/c1-20(19-31)9-8-10-21(2)22-13-17-30(7)24-11-12-25-27(3,4)26(32)15-16-28(25,5)23(24)14-18-29(22,30)6/h9,11,14,21-22,25,31H,8,10,12-13,15-19H2,1-7H3/b20-9+/t21?,22-,25?,28-,29-,30+/m1/s1. The van der Waals surface area contributed by atoms with Crippen molar-refractivity contribution in [2.24, 2.45) is 39.4 Å². The Balaban J connectivity index is 1.63. The average Bonchev–Trinajstić information content (AvgIpc) is 3.02. The molecule has 2 nitrogen and oxygen atoms in total. The van der Waals surface area contributed by atoms with Gasteiger partial charge in [-0.1, -0.05) is 65.3 Å². The van der Waals surface area contributed by atoms with Crippen LogP contribution in [0.3, 0.4) is 0 Å². The number of allylic oxidation sites excluding steroid dienone is 5. The monoisotopic (exact) mass is 438 g/mol. The molecule has 0 aromatic heterocycles. The minimum Gasteiger partial charge on any atom is -0.392 e. The molecule has 0 aliphatic heterocycles. The van der Waals surface area contributed by atoms with Crippen LogP contribution in [0.15, 0.2) is 34.9 Å². The van der Waals surface area contributed by atoms with Gasteiger partial charge in [-0.3, -0.25) is 4.79 Å². The topological polar surface area (TPSA) is 37.3 Å². The molecule has 2 unspecified atom stereocenters. The van der Waals surface area contributed by atoms with E-state index in [9.17, 15) is 9.90 Å². The number of aliphatic hydroxyl groups excluding tert-OH is 1. The summed E-state index contributed by atoms with van der Waals surface area (Å²) in [6, 6.07) is 0. The van der Waals surface area contributed by atoms with Gasteiger partial charge in [-0.25, -0.2) is 0 Å². The van der Waals surface area contributed by atoms with Crippen LogP contribution < -0.4 is 0 Å². The number of hydrogen-bond acceptors (Lipinski definition) is 2. The summed E-state index contributed by atoms with van der Waals surface area (Å²) in [6.45, 7) is 16.7. The first-order valence-electron chi connectivity index (χ1n) is 13.1. The fraction of sp³-hybridized carbons (Fsp3) is 0.767. The number of rotatable bonds is 5. The van der Waals surface area contributed by atoms with Crippen molar-refractivity contribution in [3.63, 3.8) is 0 Å². The Kier molecular flexibility index (Phi) is 5.97. The van der Waals surface area contributed by atoms with Crippen molar-refractivity contribution in [1.29, 1.82) is 0 Å².